The van der Waals surface area contributed by atoms with Gasteiger partial charge < -0.3 is 10.5 Å². The first kappa shape index (κ1) is 19.7. The van der Waals surface area contributed by atoms with Gasteiger partial charge in [0.1, 0.15) is 6.07 Å². The second kappa shape index (κ2) is 7.90. The first-order valence-corrected chi connectivity index (χ1v) is 9.81. The summed E-state index contributed by atoms with van der Waals surface area (Å²) in [4.78, 5) is 13.1. The van der Waals surface area contributed by atoms with Crippen LogP contribution in [0.15, 0.2) is 52.7 Å². The quantitative estimate of drug-likeness (QED) is 0.799. The molecule has 0 aliphatic heterocycles. The third-order valence-corrected chi connectivity index (χ3v) is 6.07. The molecule has 1 aromatic rings. The van der Waals surface area contributed by atoms with Gasteiger partial charge in [-0.25, -0.2) is 4.79 Å². The monoisotopic (exact) mass is 375 g/mol. The molecule has 0 fully saturated rings. The summed E-state index contributed by atoms with van der Waals surface area (Å²) in [6, 6.07) is 13.9. The fourth-order valence-electron chi connectivity index (χ4n) is 4.62. The van der Waals surface area contributed by atoms with E-state index in [9.17, 15) is 15.3 Å². The number of carbonyl (C=O) groups excluding carboxylic acids is 1. The number of hydrogen-bond donors (Lipinski definition) is 1. The average molecular weight is 375 g/mol. The largest absolute Gasteiger partial charge is 0.464 e. The lowest BCUT2D eigenvalue weighted by atomic mass is 9.58. The van der Waals surface area contributed by atoms with Gasteiger partial charge in [0.15, 0.2) is 0 Å². The minimum Gasteiger partial charge on any atom is -0.464 e. The number of nitrogens with zero attached hydrogens (tertiary/aromatic N) is 2. The van der Waals surface area contributed by atoms with Crippen molar-refractivity contribution in [2.24, 2.45) is 17.1 Å². The van der Waals surface area contributed by atoms with E-state index in [1.807, 2.05) is 30.3 Å². The maximum atomic E-state index is 13.1. The van der Waals surface area contributed by atoms with Crippen LogP contribution in [-0.2, 0) is 9.53 Å². The van der Waals surface area contributed by atoms with Crippen molar-refractivity contribution in [3.63, 3.8) is 0 Å². The highest BCUT2D eigenvalue weighted by Crippen LogP contribution is 2.56. The Balaban J connectivity index is 2.33. The lowest BCUT2D eigenvalue weighted by Crippen LogP contribution is -2.46. The van der Waals surface area contributed by atoms with Crippen LogP contribution in [-0.4, -0.2) is 12.6 Å². The lowest BCUT2D eigenvalue weighted by molar-refractivity contribution is -0.151. The standard InChI is InChI=1S/C23H25N3O2/c1-3-15-10-11-17-18(12-15)20(16-8-6-5-7-9-16)23(14-25,22(27)28-4-2)21(26)19(17)13-24/h5-9,15,20H,3-4,10-12,26H2,1-2H3. The Morgan fingerprint density at radius 3 is 2.57 bits per heavy atom. The van der Waals surface area contributed by atoms with E-state index < -0.39 is 17.3 Å². The van der Waals surface area contributed by atoms with E-state index in [-0.39, 0.29) is 17.9 Å². The summed E-state index contributed by atoms with van der Waals surface area (Å²) in [5, 5.41) is 20.1. The van der Waals surface area contributed by atoms with E-state index in [4.69, 9.17) is 10.5 Å². The van der Waals surface area contributed by atoms with Gasteiger partial charge in [0.2, 0.25) is 5.41 Å². The molecule has 1 aromatic carbocycles. The van der Waals surface area contributed by atoms with E-state index in [0.29, 0.717) is 5.92 Å². The van der Waals surface area contributed by atoms with Gasteiger partial charge >= 0.3 is 5.97 Å². The molecular formula is C23H25N3O2. The smallest absolute Gasteiger partial charge is 0.333 e. The molecule has 0 heterocycles. The topological polar surface area (TPSA) is 99.9 Å². The van der Waals surface area contributed by atoms with Crippen molar-refractivity contribution in [2.45, 2.75) is 45.4 Å². The molecule has 144 valence electrons. The zero-order valence-corrected chi connectivity index (χ0v) is 16.4. The molecule has 2 aliphatic rings. The second-order valence-corrected chi connectivity index (χ2v) is 7.41. The van der Waals surface area contributed by atoms with Crippen molar-refractivity contribution in [2.75, 3.05) is 6.61 Å². The molecule has 3 atom stereocenters. The summed E-state index contributed by atoms with van der Waals surface area (Å²) in [7, 11) is 0. The van der Waals surface area contributed by atoms with Crippen molar-refractivity contribution in [3.8, 4) is 12.1 Å². The molecular weight excluding hydrogens is 350 g/mol. The zero-order valence-electron chi connectivity index (χ0n) is 16.4. The van der Waals surface area contributed by atoms with Gasteiger partial charge in [0, 0.05) is 5.92 Å². The SMILES string of the molecule is CCOC(=O)C1(C#N)C(N)=C(C#N)C2=C(CC(CC)CC2)C1c1ccccc1. The van der Waals surface area contributed by atoms with Gasteiger partial charge in [-0.05, 0) is 43.2 Å². The third-order valence-electron chi connectivity index (χ3n) is 6.07. The number of esters is 1. The fraction of sp³-hybridized carbons (Fsp3) is 0.435. The van der Waals surface area contributed by atoms with E-state index in [1.165, 1.54) is 0 Å². The van der Waals surface area contributed by atoms with Crippen LogP contribution in [0.4, 0.5) is 0 Å². The number of nitriles is 2. The molecule has 0 saturated heterocycles. The normalized spacial score (nSPS) is 26.9. The first-order valence-electron chi connectivity index (χ1n) is 9.81. The molecule has 5 heteroatoms. The molecule has 28 heavy (non-hydrogen) atoms. The highest BCUT2D eigenvalue weighted by Gasteiger charge is 2.57. The Morgan fingerprint density at radius 1 is 1.29 bits per heavy atom. The molecule has 0 bridgehead atoms. The van der Waals surface area contributed by atoms with Gasteiger partial charge in [-0.1, -0.05) is 49.2 Å². The molecule has 3 rings (SSSR count). The molecule has 3 unspecified atom stereocenters. The highest BCUT2D eigenvalue weighted by molar-refractivity contribution is 5.88. The maximum absolute atomic E-state index is 13.1. The van der Waals surface area contributed by atoms with Crippen molar-refractivity contribution in [3.05, 3.63) is 58.3 Å². The summed E-state index contributed by atoms with van der Waals surface area (Å²) in [5.74, 6) is -0.760. The van der Waals surface area contributed by atoms with E-state index in [1.54, 1.807) is 6.92 Å². The number of ether oxygens (including phenoxy) is 1. The molecule has 0 amide bonds. The predicted octanol–water partition coefficient (Wildman–Crippen LogP) is 4.10. The van der Waals surface area contributed by atoms with Gasteiger partial charge in [-0.3, -0.25) is 0 Å². The number of rotatable bonds is 4. The number of benzene rings is 1. The average Bonchev–Trinajstić information content (AvgIpc) is 2.73. The van der Waals surface area contributed by atoms with Crippen LogP contribution in [0.2, 0.25) is 0 Å². The van der Waals surface area contributed by atoms with Gasteiger partial charge in [0.05, 0.1) is 23.9 Å². The summed E-state index contributed by atoms with van der Waals surface area (Å²) in [6.07, 6.45) is 3.49. The number of allylic oxidation sites excluding steroid dienone is 3. The first-order chi connectivity index (χ1) is 13.5. The Kier molecular flexibility index (Phi) is 5.56. The Bertz CT molecular complexity index is 917. The van der Waals surface area contributed by atoms with Gasteiger partial charge in [-0.15, -0.1) is 0 Å². The van der Waals surface area contributed by atoms with Gasteiger partial charge in [-0.2, -0.15) is 10.5 Å². The molecule has 5 nitrogen and oxygen atoms in total. The molecule has 0 aromatic heterocycles. The fourth-order valence-corrected chi connectivity index (χ4v) is 4.62. The Labute approximate surface area is 166 Å². The number of hydrogen-bond acceptors (Lipinski definition) is 5. The van der Waals surface area contributed by atoms with Crippen molar-refractivity contribution < 1.29 is 9.53 Å². The minimum absolute atomic E-state index is 0.0264. The van der Waals surface area contributed by atoms with Crippen LogP contribution >= 0.6 is 0 Å². The predicted molar refractivity (Wildman–Crippen MR) is 105 cm³/mol. The van der Waals surface area contributed by atoms with E-state index in [2.05, 4.69) is 19.1 Å². The second-order valence-electron chi connectivity index (χ2n) is 7.41. The summed E-state index contributed by atoms with van der Waals surface area (Å²) >= 11 is 0. The maximum Gasteiger partial charge on any atom is 0.333 e. The minimum atomic E-state index is -1.73. The number of nitrogens with two attached hydrogens (primary N) is 1. The molecule has 0 saturated carbocycles. The Morgan fingerprint density at radius 2 is 2.00 bits per heavy atom. The van der Waals surface area contributed by atoms with E-state index in [0.717, 1.165) is 42.4 Å². The van der Waals surface area contributed by atoms with Crippen molar-refractivity contribution in [1.82, 2.24) is 0 Å². The molecule has 0 spiro atoms. The van der Waals surface area contributed by atoms with Crippen LogP contribution in [0.3, 0.4) is 0 Å². The molecule has 2 aliphatic carbocycles. The van der Waals surface area contributed by atoms with E-state index >= 15 is 0 Å². The Hall–Kier alpha value is -3.05. The van der Waals surface area contributed by atoms with Crippen LogP contribution in [0.1, 0.15) is 51.0 Å². The van der Waals surface area contributed by atoms with Crippen molar-refractivity contribution >= 4 is 5.97 Å². The summed E-state index contributed by atoms with van der Waals surface area (Å²) < 4.78 is 5.32. The molecule has 0 radical (unpaired) electrons. The van der Waals surface area contributed by atoms with Crippen LogP contribution in [0, 0.1) is 34.0 Å². The van der Waals surface area contributed by atoms with Crippen molar-refractivity contribution in [1.29, 1.82) is 10.5 Å². The lowest BCUT2D eigenvalue weighted by Gasteiger charge is -2.43. The summed E-state index contributed by atoms with van der Waals surface area (Å²) in [6.45, 7) is 3.99. The molecule has 2 N–H and O–H groups in total. The third kappa shape index (κ3) is 2.88. The summed E-state index contributed by atoms with van der Waals surface area (Å²) in [5.41, 5.74) is 7.75. The zero-order chi connectivity index (χ0) is 20.3. The van der Waals surface area contributed by atoms with Gasteiger partial charge in [0.25, 0.3) is 0 Å². The highest BCUT2D eigenvalue weighted by atomic mass is 16.5. The van der Waals surface area contributed by atoms with Crippen LogP contribution in [0.5, 0.6) is 0 Å². The number of carbonyl (C=O) groups is 1. The van der Waals surface area contributed by atoms with Crippen LogP contribution in [0.25, 0.3) is 0 Å². The van der Waals surface area contributed by atoms with Crippen LogP contribution < -0.4 is 5.73 Å².